The van der Waals surface area contributed by atoms with Crippen molar-refractivity contribution in [1.29, 1.82) is 0 Å². The number of hydrogen-bond donors (Lipinski definition) is 1. The third-order valence-corrected chi connectivity index (χ3v) is 3.12. The van der Waals surface area contributed by atoms with Gasteiger partial charge in [-0.15, -0.1) is 0 Å². The minimum atomic E-state index is 0.517. The Bertz CT molecular complexity index is 515. The monoisotopic (exact) mass is 222 g/mol. The number of rotatable bonds is 1. The summed E-state index contributed by atoms with van der Waals surface area (Å²) in [4.78, 5) is 4.44. The van der Waals surface area contributed by atoms with Crippen LogP contribution in [0, 0.1) is 0 Å². The quantitative estimate of drug-likeness (QED) is 0.805. The molecule has 1 fully saturated rings. The Kier molecular flexibility index (Phi) is 1.85. The minimum Gasteiger partial charge on any atom is -0.396 e. The van der Waals surface area contributed by atoms with Crippen molar-refractivity contribution in [2.24, 2.45) is 0 Å². The van der Waals surface area contributed by atoms with Crippen molar-refractivity contribution in [3.63, 3.8) is 0 Å². The van der Waals surface area contributed by atoms with E-state index in [4.69, 9.17) is 17.3 Å². The van der Waals surface area contributed by atoms with Crippen LogP contribution in [0.25, 0.3) is 5.65 Å². The topological polar surface area (TPSA) is 56.2 Å². The highest BCUT2D eigenvalue weighted by atomic mass is 35.5. The number of fused-ring (bicyclic) bond motifs is 1. The van der Waals surface area contributed by atoms with Gasteiger partial charge < -0.3 is 5.73 Å². The van der Waals surface area contributed by atoms with Gasteiger partial charge in [0.1, 0.15) is 0 Å². The van der Waals surface area contributed by atoms with Crippen molar-refractivity contribution in [2.75, 3.05) is 5.73 Å². The Balaban J connectivity index is 2.16. The van der Waals surface area contributed by atoms with Gasteiger partial charge in [-0.3, -0.25) is 0 Å². The average Bonchev–Trinajstić information content (AvgIpc) is 2.44. The second kappa shape index (κ2) is 3.10. The van der Waals surface area contributed by atoms with E-state index < -0.39 is 0 Å². The highest BCUT2D eigenvalue weighted by Gasteiger charge is 2.24. The van der Waals surface area contributed by atoms with E-state index >= 15 is 0 Å². The van der Waals surface area contributed by atoms with Gasteiger partial charge in [0.15, 0.2) is 11.5 Å². The van der Waals surface area contributed by atoms with Gasteiger partial charge in [0.05, 0.1) is 10.7 Å². The predicted molar refractivity (Wildman–Crippen MR) is 59.0 cm³/mol. The zero-order chi connectivity index (χ0) is 10.4. The van der Waals surface area contributed by atoms with Crippen molar-refractivity contribution < 1.29 is 0 Å². The zero-order valence-electron chi connectivity index (χ0n) is 8.15. The molecule has 15 heavy (non-hydrogen) atoms. The van der Waals surface area contributed by atoms with Gasteiger partial charge in [0.25, 0.3) is 0 Å². The third kappa shape index (κ3) is 1.36. The maximum absolute atomic E-state index is 5.89. The van der Waals surface area contributed by atoms with E-state index in [9.17, 15) is 0 Å². The average molecular weight is 223 g/mol. The first-order valence-corrected chi connectivity index (χ1v) is 5.43. The van der Waals surface area contributed by atoms with Gasteiger partial charge in [-0.2, -0.15) is 5.10 Å². The number of pyridine rings is 1. The number of aromatic nitrogens is 3. The molecule has 4 nitrogen and oxygen atoms in total. The standard InChI is InChI=1S/C10H11ClN4/c11-7-4-8(12)10-13-9(6-2-1-3-6)14-15(10)5-7/h4-6H,1-3,12H2. The van der Waals surface area contributed by atoms with Crippen LogP contribution >= 0.6 is 11.6 Å². The molecule has 78 valence electrons. The van der Waals surface area contributed by atoms with Crippen LogP contribution in [0.1, 0.15) is 31.0 Å². The van der Waals surface area contributed by atoms with E-state index in [2.05, 4.69) is 10.1 Å². The van der Waals surface area contributed by atoms with Gasteiger partial charge in [-0.25, -0.2) is 9.50 Å². The van der Waals surface area contributed by atoms with Crippen LogP contribution in [0.3, 0.4) is 0 Å². The molecule has 0 radical (unpaired) electrons. The van der Waals surface area contributed by atoms with E-state index in [1.165, 1.54) is 19.3 Å². The molecule has 3 rings (SSSR count). The van der Waals surface area contributed by atoms with E-state index in [0.29, 0.717) is 22.3 Å². The summed E-state index contributed by atoms with van der Waals surface area (Å²) in [7, 11) is 0. The van der Waals surface area contributed by atoms with Gasteiger partial charge in [0, 0.05) is 12.1 Å². The van der Waals surface area contributed by atoms with Gasteiger partial charge >= 0.3 is 0 Å². The summed E-state index contributed by atoms with van der Waals surface area (Å²) in [6.45, 7) is 0. The molecule has 1 aliphatic carbocycles. The van der Waals surface area contributed by atoms with Crippen LogP contribution < -0.4 is 5.73 Å². The number of halogens is 1. The van der Waals surface area contributed by atoms with Crippen LogP contribution in [-0.2, 0) is 0 Å². The number of nitrogens with two attached hydrogens (primary N) is 1. The van der Waals surface area contributed by atoms with Crippen LogP contribution in [0.4, 0.5) is 5.69 Å². The maximum Gasteiger partial charge on any atom is 0.178 e. The van der Waals surface area contributed by atoms with Crippen LogP contribution in [0.2, 0.25) is 5.02 Å². The molecule has 2 aromatic heterocycles. The Hall–Kier alpha value is -1.29. The summed E-state index contributed by atoms with van der Waals surface area (Å²) < 4.78 is 1.67. The van der Waals surface area contributed by atoms with Gasteiger partial charge in [-0.1, -0.05) is 18.0 Å². The first kappa shape index (κ1) is 8.97. The molecule has 5 heteroatoms. The van der Waals surface area contributed by atoms with Crippen molar-refractivity contribution in [1.82, 2.24) is 14.6 Å². The number of anilines is 1. The fraction of sp³-hybridized carbons (Fsp3) is 0.400. The molecule has 2 aromatic rings. The zero-order valence-corrected chi connectivity index (χ0v) is 8.91. The lowest BCUT2D eigenvalue weighted by Gasteiger charge is -2.21. The Morgan fingerprint density at radius 2 is 2.27 bits per heavy atom. The lowest BCUT2D eigenvalue weighted by atomic mass is 9.85. The molecule has 0 aliphatic heterocycles. The molecule has 0 atom stereocenters. The van der Waals surface area contributed by atoms with Crippen molar-refractivity contribution in [2.45, 2.75) is 25.2 Å². The summed E-state index contributed by atoms with van der Waals surface area (Å²) in [5, 5.41) is 4.99. The number of nitrogen functional groups attached to an aromatic ring is 1. The number of nitrogens with zero attached hydrogens (tertiary/aromatic N) is 3. The summed E-state index contributed by atoms with van der Waals surface area (Å²) in [5.74, 6) is 1.42. The SMILES string of the molecule is Nc1cc(Cl)cn2nc(C3CCC3)nc12. The molecule has 2 heterocycles. The second-order valence-electron chi connectivity index (χ2n) is 3.98. The van der Waals surface area contributed by atoms with E-state index in [1.807, 2.05) is 0 Å². The van der Waals surface area contributed by atoms with Crippen molar-refractivity contribution in [3.05, 3.63) is 23.1 Å². The van der Waals surface area contributed by atoms with Gasteiger partial charge in [-0.05, 0) is 18.9 Å². The molecule has 0 bridgehead atoms. The largest absolute Gasteiger partial charge is 0.396 e. The summed E-state index contributed by atoms with van der Waals surface area (Å²) in [6, 6.07) is 1.70. The van der Waals surface area contributed by atoms with Crippen molar-refractivity contribution >= 4 is 22.9 Å². The highest BCUT2D eigenvalue weighted by molar-refractivity contribution is 6.30. The molecule has 1 saturated carbocycles. The second-order valence-corrected chi connectivity index (χ2v) is 4.42. The van der Waals surface area contributed by atoms with E-state index in [0.717, 1.165) is 5.82 Å². The Labute approximate surface area is 92.1 Å². The normalized spacial score (nSPS) is 16.9. The third-order valence-electron chi connectivity index (χ3n) is 2.92. The Morgan fingerprint density at radius 3 is 2.93 bits per heavy atom. The lowest BCUT2D eigenvalue weighted by molar-refractivity contribution is 0.402. The Morgan fingerprint density at radius 1 is 1.47 bits per heavy atom. The molecular formula is C10H11ClN4. The van der Waals surface area contributed by atoms with Crippen LogP contribution in [0.5, 0.6) is 0 Å². The molecule has 0 aromatic carbocycles. The molecule has 0 unspecified atom stereocenters. The first-order chi connectivity index (χ1) is 7.24. The summed E-state index contributed by atoms with van der Waals surface area (Å²) in [6.07, 6.45) is 5.38. The van der Waals surface area contributed by atoms with E-state index in [1.54, 1.807) is 16.8 Å². The molecule has 0 saturated heterocycles. The summed E-state index contributed by atoms with van der Waals surface area (Å²) >= 11 is 5.89. The fourth-order valence-electron chi connectivity index (χ4n) is 1.83. The van der Waals surface area contributed by atoms with Crippen LogP contribution in [-0.4, -0.2) is 14.6 Å². The molecule has 0 amide bonds. The molecule has 0 spiro atoms. The number of hydrogen-bond acceptors (Lipinski definition) is 3. The first-order valence-electron chi connectivity index (χ1n) is 5.05. The molecule has 2 N–H and O–H groups in total. The minimum absolute atomic E-state index is 0.517. The van der Waals surface area contributed by atoms with E-state index in [-0.39, 0.29) is 0 Å². The van der Waals surface area contributed by atoms with Crippen LogP contribution in [0.15, 0.2) is 12.3 Å². The van der Waals surface area contributed by atoms with Crippen molar-refractivity contribution in [3.8, 4) is 0 Å². The summed E-state index contributed by atoms with van der Waals surface area (Å²) in [5.41, 5.74) is 7.12. The predicted octanol–water partition coefficient (Wildman–Crippen LogP) is 2.23. The smallest absolute Gasteiger partial charge is 0.178 e. The lowest BCUT2D eigenvalue weighted by Crippen LogP contribution is -2.10. The maximum atomic E-state index is 5.89. The molecular weight excluding hydrogens is 212 g/mol. The van der Waals surface area contributed by atoms with Gasteiger partial charge in [0.2, 0.25) is 0 Å². The molecule has 1 aliphatic rings. The highest BCUT2D eigenvalue weighted by Crippen LogP contribution is 2.35. The fourth-order valence-corrected chi connectivity index (χ4v) is 2.04.